The van der Waals surface area contributed by atoms with Crippen LogP contribution in [0.15, 0.2) is 0 Å². The number of fused-ring (bicyclic) bond motifs is 1. The maximum Gasteiger partial charge on any atom is 0.422 e. The van der Waals surface area contributed by atoms with Gasteiger partial charge in [-0.05, 0) is 0 Å². The standard InChI is InChI=1S/C11Cl2F12/c12-10(24)7(17,18)1-2(8(19,20)11(10,13)25)5(15)6(16)3(4(1)14)9(21,22)23. The highest BCUT2D eigenvalue weighted by Crippen LogP contribution is 2.67. The highest BCUT2D eigenvalue weighted by Gasteiger charge is 2.83. The topological polar surface area (TPSA) is 0 Å². The maximum atomic E-state index is 13.9. The summed E-state index contributed by atoms with van der Waals surface area (Å²) in [6, 6.07) is 0. The first kappa shape index (κ1) is 20.3. The predicted octanol–water partition coefficient (Wildman–Crippen LogP) is 6.13. The molecule has 0 radical (unpaired) electrons. The average Bonchev–Trinajstić information content (AvgIpc) is 2.38. The Labute approximate surface area is 139 Å². The van der Waals surface area contributed by atoms with Gasteiger partial charge in [0.05, 0.1) is 11.1 Å². The summed E-state index contributed by atoms with van der Waals surface area (Å²) >= 11 is 8.67. The molecule has 0 aliphatic heterocycles. The lowest BCUT2D eigenvalue weighted by molar-refractivity contribution is -0.235. The lowest BCUT2D eigenvalue weighted by atomic mass is 9.80. The molecule has 2 unspecified atom stereocenters. The van der Waals surface area contributed by atoms with E-state index in [-0.39, 0.29) is 0 Å². The van der Waals surface area contributed by atoms with Crippen LogP contribution in [0.2, 0.25) is 0 Å². The molecule has 0 spiro atoms. The average molecular weight is 431 g/mol. The highest BCUT2D eigenvalue weighted by atomic mass is 35.5. The van der Waals surface area contributed by atoms with Gasteiger partial charge < -0.3 is 0 Å². The summed E-state index contributed by atoms with van der Waals surface area (Å²) < 4.78 is 161. The molecular weight excluding hydrogens is 431 g/mol. The van der Waals surface area contributed by atoms with E-state index in [0.717, 1.165) is 0 Å². The molecule has 0 saturated carbocycles. The molecule has 0 bridgehead atoms. The molecule has 1 aromatic rings. The smallest absolute Gasteiger partial charge is 0.214 e. The fourth-order valence-electron chi connectivity index (χ4n) is 2.21. The van der Waals surface area contributed by atoms with Crippen molar-refractivity contribution in [3.63, 3.8) is 0 Å². The van der Waals surface area contributed by atoms with Gasteiger partial charge in [0.15, 0.2) is 11.6 Å². The molecule has 1 aromatic carbocycles. The summed E-state index contributed by atoms with van der Waals surface area (Å²) in [6.45, 7) is 0. The van der Waals surface area contributed by atoms with Crippen molar-refractivity contribution >= 4 is 23.2 Å². The summed E-state index contributed by atoms with van der Waals surface area (Å²) in [4.78, 5) is 0. The Morgan fingerprint density at radius 1 is 0.600 bits per heavy atom. The first-order valence-electron chi connectivity index (χ1n) is 5.65. The van der Waals surface area contributed by atoms with Crippen LogP contribution < -0.4 is 0 Å². The SMILES string of the molecule is Fc1c(F)c2c(c(F)c1C(F)(F)F)C(F)(F)C(F)(Cl)C(F)(Cl)C2(F)F. The summed E-state index contributed by atoms with van der Waals surface area (Å²) in [5.74, 6) is -22.3. The maximum absolute atomic E-state index is 13.9. The van der Waals surface area contributed by atoms with Crippen molar-refractivity contribution in [2.24, 2.45) is 0 Å². The quantitative estimate of drug-likeness (QED) is 0.264. The Kier molecular flexibility index (Phi) is 4.07. The van der Waals surface area contributed by atoms with Crippen molar-refractivity contribution in [3.05, 3.63) is 34.1 Å². The van der Waals surface area contributed by atoms with Gasteiger partial charge >= 0.3 is 28.3 Å². The molecule has 2 atom stereocenters. The molecular formula is C11Cl2F12. The third-order valence-corrected chi connectivity index (χ3v) is 4.51. The van der Waals surface area contributed by atoms with Gasteiger partial charge in [0, 0.05) is 0 Å². The van der Waals surface area contributed by atoms with E-state index in [0.29, 0.717) is 0 Å². The van der Waals surface area contributed by atoms with Crippen molar-refractivity contribution < 1.29 is 52.7 Å². The van der Waals surface area contributed by atoms with Crippen LogP contribution >= 0.6 is 23.2 Å². The van der Waals surface area contributed by atoms with Gasteiger partial charge in [0.1, 0.15) is 11.4 Å². The van der Waals surface area contributed by atoms with Crippen LogP contribution in [0.3, 0.4) is 0 Å². The fourth-order valence-corrected chi connectivity index (χ4v) is 2.63. The fraction of sp³-hybridized carbons (Fsp3) is 0.455. The molecule has 0 amide bonds. The largest absolute Gasteiger partial charge is 0.422 e. The molecule has 0 heterocycles. The number of alkyl halides is 11. The Bertz CT molecular complexity index is 749. The van der Waals surface area contributed by atoms with Crippen molar-refractivity contribution in [1.29, 1.82) is 0 Å². The van der Waals surface area contributed by atoms with Gasteiger partial charge in [0.25, 0.3) is 0 Å². The molecule has 14 heteroatoms. The molecule has 0 fully saturated rings. The van der Waals surface area contributed by atoms with E-state index >= 15 is 0 Å². The normalized spacial score (nSPS) is 31.0. The Balaban J connectivity index is 3.15. The van der Waals surface area contributed by atoms with Crippen LogP contribution in [-0.4, -0.2) is 10.3 Å². The monoisotopic (exact) mass is 430 g/mol. The first-order valence-corrected chi connectivity index (χ1v) is 6.40. The Hall–Kier alpha value is -1.04. The van der Waals surface area contributed by atoms with Crippen LogP contribution in [-0.2, 0) is 18.0 Å². The molecule has 25 heavy (non-hydrogen) atoms. The second-order valence-electron chi connectivity index (χ2n) is 4.86. The molecule has 1 aliphatic carbocycles. The van der Waals surface area contributed by atoms with E-state index < -0.39 is 62.4 Å². The van der Waals surface area contributed by atoms with E-state index in [2.05, 4.69) is 23.2 Å². The van der Waals surface area contributed by atoms with Crippen LogP contribution in [0, 0.1) is 17.5 Å². The minimum atomic E-state index is -6.19. The summed E-state index contributed by atoms with van der Waals surface area (Å²) in [6.07, 6.45) is -6.19. The zero-order chi connectivity index (χ0) is 20.0. The Morgan fingerprint density at radius 2 is 0.920 bits per heavy atom. The zero-order valence-electron chi connectivity index (χ0n) is 10.8. The van der Waals surface area contributed by atoms with Gasteiger partial charge in [-0.15, -0.1) is 0 Å². The number of halogens is 14. The van der Waals surface area contributed by atoms with Crippen molar-refractivity contribution in [3.8, 4) is 0 Å². The minimum Gasteiger partial charge on any atom is -0.214 e. The highest BCUT2D eigenvalue weighted by molar-refractivity contribution is 6.34. The van der Waals surface area contributed by atoms with E-state index in [4.69, 9.17) is 0 Å². The zero-order valence-corrected chi connectivity index (χ0v) is 12.3. The van der Waals surface area contributed by atoms with Gasteiger partial charge in [-0.1, -0.05) is 23.2 Å². The van der Waals surface area contributed by atoms with Gasteiger partial charge in [-0.3, -0.25) is 0 Å². The van der Waals surface area contributed by atoms with Crippen molar-refractivity contribution in [1.82, 2.24) is 0 Å². The van der Waals surface area contributed by atoms with Gasteiger partial charge in [-0.2, -0.15) is 30.7 Å². The Morgan fingerprint density at radius 3 is 1.24 bits per heavy atom. The van der Waals surface area contributed by atoms with E-state index in [1.165, 1.54) is 0 Å². The number of rotatable bonds is 0. The number of benzene rings is 1. The molecule has 142 valence electrons. The van der Waals surface area contributed by atoms with Crippen molar-refractivity contribution in [2.75, 3.05) is 0 Å². The van der Waals surface area contributed by atoms with Gasteiger partial charge in [-0.25, -0.2) is 22.0 Å². The lowest BCUT2D eigenvalue weighted by Crippen LogP contribution is -2.63. The first-order chi connectivity index (χ1) is 10.8. The lowest BCUT2D eigenvalue weighted by Gasteiger charge is -2.45. The van der Waals surface area contributed by atoms with Crippen molar-refractivity contribution in [2.45, 2.75) is 28.3 Å². The number of hydrogen-bond acceptors (Lipinski definition) is 0. The van der Waals surface area contributed by atoms with Crippen LogP contribution in [0.4, 0.5) is 52.7 Å². The van der Waals surface area contributed by atoms with E-state index in [1.54, 1.807) is 0 Å². The van der Waals surface area contributed by atoms with E-state index in [1.807, 2.05) is 0 Å². The molecule has 0 N–H and O–H groups in total. The molecule has 2 rings (SSSR count). The second kappa shape index (κ2) is 5.02. The molecule has 0 aromatic heterocycles. The summed E-state index contributed by atoms with van der Waals surface area (Å²) in [5.41, 5.74) is -9.87. The molecule has 1 aliphatic rings. The van der Waals surface area contributed by atoms with Gasteiger partial charge in [0.2, 0.25) is 0 Å². The van der Waals surface area contributed by atoms with Crippen LogP contribution in [0.5, 0.6) is 0 Å². The summed E-state index contributed by atoms with van der Waals surface area (Å²) in [5, 5.41) is -11.4. The van der Waals surface area contributed by atoms with Crippen LogP contribution in [0.25, 0.3) is 0 Å². The minimum absolute atomic E-state index is 3.22. The summed E-state index contributed by atoms with van der Waals surface area (Å²) in [7, 11) is 0. The number of hydrogen-bond donors (Lipinski definition) is 0. The molecule has 0 nitrogen and oxygen atoms in total. The predicted molar refractivity (Wildman–Crippen MR) is 58.5 cm³/mol. The van der Waals surface area contributed by atoms with E-state index in [9.17, 15) is 52.7 Å². The third kappa shape index (κ3) is 2.18. The van der Waals surface area contributed by atoms with Crippen LogP contribution in [0.1, 0.15) is 16.7 Å². The third-order valence-electron chi connectivity index (χ3n) is 3.42. The second-order valence-corrected chi connectivity index (χ2v) is 5.90. The molecule has 0 saturated heterocycles.